The third-order valence-corrected chi connectivity index (χ3v) is 3.33. The predicted molar refractivity (Wildman–Crippen MR) is 76.0 cm³/mol. The van der Waals surface area contributed by atoms with Gasteiger partial charge in [0.15, 0.2) is 0 Å². The van der Waals surface area contributed by atoms with Gasteiger partial charge in [0.05, 0.1) is 10.5 Å². The van der Waals surface area contributed by atoms with Crippen molar-refractivity contribution in [1.82, 2.24) is 10.3 Å². The van der Waals surface area contributed by atoms with Crippen LogP contribution in [-0.2, 0) is 0 Å². The number of hydrogen-bond acceptors (Lipinski definition) is 3. The minimum absolute atomic E-state index is 0.266. The predicted octanol–water partition coefficient (Wildman–Crippen LogP) is 3.27. The molecule has 1 amide bonds. The highest BCUT2D eigenvalue weighted by Gasteiger charge is 2.27. The van der Waals surface area contributed by atoms with Crippen molar-refractivity contribution in [3.63, 3.8) is 0 Å². The first-order valence-electron chi connectivity index (χ1n) is 5.27. The second-order valence-corrected chi connectivity index (χ2v) is 6.66. The molecule has 6 heteroatoms. The highest BCUT2D eigenvalue weighted by atomic mass is 79.9. The van der Waals surface area contributed by atoms with Crippen molar-refractivity contribution in [2.24, 2.45) is 5.41 Å². The number of pyridine rings is 1. The minimum atomic E-state index is -0.567. The SMILES string of the molecule is CC(C)(C)C(C#N)NC(=O)c1ncc(Br)cc1Br. The van der Waals surface area contributed by atoms with Crippen LogP contribution < -0.4 is 5.32 Å². The third-order valence-electron chi connectivity index (χ3n) is 2.29. The molecule has 0 radical (unpaired) electrons. The molecule has 1 rings (SSSR count). The number of carbonyl (C=O) groups excluding carboxylic acids is 1. The Kier molecular flexibility index (Phi) is 4.88. The molecule has 1 aromatic rings. The average molecular weight is 375 g/mol. The van der Waals surface area contributed by atoms with Crippen molar-refractivity contribution in [2.75, 3.05) is 0 Å². The number of carbonyl (C=O) groups is 1. The average Bonchev–Trinajstić information content (AvgIpc) is 2.23. The summed E-state index contributed by atoms with van der Waals surface area (Å²) in [5.41, 5.74) is -0.0607. The lowest BCUT2D eigenvalue weighted by molar-refractivity contribution is 0.0916. The molecule has 0 fully saturated rings. The molecule has 0 spiro atoms. The summed E-state index contributed by atoms with van der Waals surface area (Å²) in [6.07, 6.45) is 1.54. The maximum atomic E-state index is 12.0. The van der Waals surface area contributed by atoms with E-state index < -0.39 is 6.04 Å². The quantitative estimate of drug-likeness (QED) is 0.863. The van der Waals surface area contributed by atoms with Gasteiger partial charge in [-0.2, -0.15) is 5.26 Å². The number of halogens is 2. The van der Waals surface area contributed by atoms with Crippen LogP contribution in [0.2, 0.25) is 0 Å². The molecule has 0 saturated carbocycles. The van der Waals surface area contributed by atoms with Crippen molar-refractivity contribution in [1.29, 1.82) is 5.26 Å². The van der Waals surface area contributed by atoms with E-state index in [1.807, 2.05) is 20.8 Å². The summed E-state index contributed by atoms with van der Waals surface area (Å²) >= 11 is 6.54. The Bertz CT molecular complexity index is 503. The second-order valence-electron chi connectivity index (χ2n) is 4.89. The molecule has 1 aromatic heterocycles. The van der Waals surface area contributed by atoms with Crippen LogP contribution in [0.5, 0.6) is 0 Å². The van der Waals surface area contributed by atoms with Gasteiger partial charge in [-0.1, -0.05) is 20.8 Å². The number of hydrogen-bond donors (Lipinski definition) is 1. The van der Waals surface area contributed by atoms with E-state index in [9.17, 15) is 4.79 Å². The first kappa shape index (κ1) is 15.1. The molecule has 18 heavy (non-hydrogen) atoms. The Labute approximate surface area is 123 Å². The number of nitrogens with one attached hydrogen (secondary N) is 1. The van der Waals surface area contributed by atoms with Crippen LogP contribution in [-0.4, -0.2) is 16.9 Å². The van der Waals surface area contributed by atoms with Crippen molar-refractivity contribution < 1.29 is 4.79 Å². The number of amides is 1. The van der Waals surface area contributed by atoms with Crippen molar-refractivity contribution >= 4 is 37.8 Å². The van der Waals surface area contributed by atoms with Crippen LogP contribution in [0.4, 0.5) is 0 Å². The molecule has 1 atom stereocenters. The normalized spacial score (nSPS) is 12.7. The highest BCUT2D eigenvalue weighted by Crippen LogP contribution is 2.22. The maximum absolute atomic E-state index is 12.0. The van der Waals surface area contributed by atoms with Gasteiger partial charge in [-0.15, -0.1) is 0 Å². The molecule has 0 aliphatic rings. The number of rotatable bonds is 2. The zero-order valence-corrected chi connectivity index (χ0v) is 13.5. The fourth-order valence-electron chi connectivity index (χ4n) is 1.22. The van der Waals surface area contributed by atoms with Crippen molar-refractivity contribution in [3.05, 3.63) is 26.9 Å². The van der Waals surface area contributed by atoms with Crippen LogP contribution in [0.1, 0.15) is 31.3 Å². The molecule has 0 saturated heterocycles. The molecular weight excluding hydrogens is 362 g/mol. The lowest BCUT2D eigenvalue weighted by Gasteiger charge is -2.25. The summed E-state index contributed by atoms with van der Waals surface area (Å²) < 4.78 is 1.36. The van der Waals surface area contributed by atoms with Gasteiger partial charge in [0.1, 0.15) is 11.7 Å². The zero-order chi connectivity index (χ0) is 13.9. The number of nitriles is 1. The fourth-order valence-corrected chi connectivity index (χ4v) is 2.39. The summed E-state index contributed by atoms with van der Waals surface area (Å²) in [6, 6.07) is 3.26. The van der Waals surface area contributed by atoms with Gasteiger partial charge < -0.3 is 5.32 Å². The summed E-state index contributed by atoms with van der Waals surface area (Å²) in [7, 11) is 0. The van der Waals surface area contributed by atoms with Gasteiger partial charge in [0.2, 0.25) is 0 Å². The first-order valence-corrected chi connectivity index (χ1v) is 6.86. The largest absolute Gasteiger partial charge is 0.334 e. The zero-order valence-electron chi connectivity index (χ0n) is 10.3. The standard InChI is InChI=1S/C12H13Br2N3O/c1-12(2,3)9(5-15)17-11(18)10-8(14)4-7(13)6-16-10/h4,6,9H,1-3H3,(H,17,18). The van der Waals surface area contributed by atoms with E-state index in [0.717, 1.165) is 4.47 Å². The van der Waals surface area contributed by atoms with Crippen molar-refractivity contribution in [3.8, 4) is 6.07 Å². The van der Waals surface area contributed by atoms with E-state index >= 15 is 0 Å². The molecule has 0 aromatic carbocycles. The van der Waals surface area contributed by atoms with E-state index in [1.165, 1.54) is 6.20 Å². The Morgan fingerprint density at radius 2 is 2.11 bits per heavy atom. The Balaban J connectivity index is 2.93. The molecule has 0 bridgehead atoms. The maximum Gasteiger partial charge on any atom is 0.272 e. The summed E-state index contributed by atoms with van der Waals surface area (Å²) in [5, 5.41) is 11.7. The van der Waals surface area contributed by atoms with Crippen LogP contribution >= 0.6 is 31.9 Å². The van der Waals surface area contributed by atoms with E-state index in [4.69, 9.17) is 5.26 Å². The van der Waals surface area contributed by atoms with E-state index in [-0.39, 0.29) is 17.0 Å². The molecule has 96 valence electrons. The third kappa shape index (κ3) is 3.79. The molecule has 0 aliphatic heterocycles. The highest BCUT2D eigenvalue weighted by molar-refractivity contribution is 9.11. The molecule has 1 unspecified atom stereocenters. The van der Waals surface area contributed by atoms with Gasteiger partial charge in [-0.3, -0.25) is 4.79 Å². The first-order chi connectivity index (χ1) is 8.25. The van der Waals surface area contributed by atoms with Crippen molar-refractivity contribution in [2.45, 2.75) is 26.8 Å². The second kappa shape index (κ2) is 5.81. The fraction of sp³-hybridized carbons (Fsp3) is 0.417. The summed E-state index contributed by atoms with van der Waals surface area (Å²) in [4.78, 5) is 16.1. The number of nitrogens with zero attached hydrogens (tertiary/aromatic N) is 2. The molecule has 0 aliphatic carbocycles. The van der Waals surface area contributed by atoms with Crippen LogP contribution in [0.15, 0.2) is 21.2 Å². The number of aromatic nitrogens is 1. The Morgan fingerprint density at radius 1 is 1.50 bits per heavy atom. The van der Waals surface area contributed by atoms with Crippen LogP contribution in [0.3, 0.4) is 0 Å². The van der Waals surface area contributed by atoms with Crippen LogP contribution in [0.25, 0.3) is 0 Å². The smallest absolute Gasteiger partial charge is 0.272 e. The summed E-state index contributed by atoms with van der Waals surface area (Å²) in [6.45, 7) is 5.68. The van der Waals surface area contributed by atoms with Gasteiger partial charge >= 0.3 is 0 Å². The Hall–Kier alpha value is -0.930. The van der Waals surface area contributed by atoms with E-state index in [0.29, 0.717) is 4.47 Å². The van der Waals surface area contributed by atoms with E-state index in [1.54, 1.807) is 6.07 Å². The monoisotopic (exact) mass is 373 g/mol. The van der Waals surface area contributed by atoms with Gasteiger partial charge in [0.25, 0.3) is 5.91 Å². The Morgan fingerprint density at radius 3 is 2.56 bits per heavy atom. The van der Waals surface area contributed by atoms with Gasteiger partial charge in [-0.05, 0) is 43.3 Å². The summed E-state index contributed by atoms with van der Waals surface area (Å²) in [5.74, 6) is -0.365. The topological polar surface area (TPSA) is 65.8 Å². The van der Waals surface area contributed by atoms with Gasteiger partial charge in [0, 0.05) is 10.7 Å². The van der Waals surface area contributed by atoms with Crippen LogP contribution in [0, 0.1) is 16.7 Å². The van der Waals surface area contributed by atoms with Gasteiger partial charge in [-0.25, -0.2) is 4.98 Å². The lowest BCUT2D eigenvalue weighted by Crippen LogP contribution is -2.43. The van der Waals surface area contributed by atoms with E-state index in [2.05, 4.69) is 48.2 Å². The molecular formula is C12H13Br2N3O. The molecule has 1 heterocycles. The minimum Gasteiger partial charge on any atom is -0.334 e. The lowest BCUT2D eigenvalue weighted by atomic mass is 9.87. The molecule has 4 nitrogen and oxygen atoms in total. The molecule has 1 N–H and O–H groups in total.